The number of nitrogens with zero attached hydrogens (tertiary/aromatic N) is 1. The van der Waals surface area contributed by atoms with Gasteiger partial charge >= 0.3 is 5.97 Å². The van der Waals surface area contributed by atoms with Crippen LogP contribution in [-0.2, 0) is 20.9 Å². The molecule has 0 aromatic heterocycles. The molecule has 3 aromatic rings. The van der Waals surface area contributed by atoms with E-state index in [1.807, 2.05) is 0 Å². The number of halogens is 1. The van der Waals surface area contributed by atoms with Crippen LogP contribution in [-0.4, -0.2) is 51.0 Å². The summed E-state index contributed by atoms with van der Waals surface area (Å²) in [5.41, 5.74) is 1.82. The van der Waals surface area contributed by atoms with Crippen LogP contribution >= 0.6 is 11.6 Å². The number of carbonyl (C=O) groups is 2. The second-order valence-electron chi connectivity index (χ2n) is 8.66. The van der Waals surface area contributed by atoms with E-state index >= 15 is 0 Å². The maximum atomic E-state index is 13.6. The van der Waals surface area contributed by atoms with Crippen LogP contribution in [0.3, 0.4) is 0 Å². The molecular formula is C30H30ClNO8. The van der Waals surface area contributed by atoms with Crippen LogP contribution in [0.4, 0.5) is 5.69 Å². The standard InChI is InChI=1S/C30H30ClNO8/c1-4-38-28(34)13-12-27(33)32(18-19-8-10-21(36-2)17-26(19)37-3)24-11-9-20(31)16-23(24)29(35)22-6-5-7-25-30(22)40-15-14-39-25/h5-13,16-17,29,35H,4,14-15,18H2,1-3H3/b13-12+. The first-order valence-electron chi connectivity index (χ1n) is 12.6. The van der Waals surface area contributed by atoms with E-state index in [1.54, 1.807) is 68.6 Å². The lowest BCUT2D eigenvalue weighted by molar-refractivity contribution is -0.137. The number of hydrogen-bond donors (Lipinski definition) is 1. The van der Waals surface area contributed by atoms with Gasteiger partial charge in [0.1, 0.15) is 30.8 Å². The van der Waals surface area contributed by atoms with Crippen molar-refractivity contribution in [3.8, 4) is 23.0 Å². The zero-order valence-electron chi connectivity index (χ0n) is 22.4. The highest BCUT2D eigenvalue weighted by atomic mass is 35.5. The number of rotatable bonds is 10. The molecule has 0 radical (unpaired) electrons. The van der Waals surface area contributed by atoms with E-state index in [4.69, 9.17) is 35.3 Å². The summed E-state index contributed by atoms with van der Waals surface area (Å²) >= 11 is 6.38. The molecule has 0 saturated heterocycles. The maximum Gasteiger partial charge on any atom is 0.330 e. The Morgan fingerprint density at radius 1 is 1.02 bits per heavy atom. The molecule has 1 unspecified atom stereocenters. The minimum atomic E-state index is -1.23. The summed E-state index contributed by atoms with van der Waals surface area (Å²) in [5.74, 6) is 0.826. The Bertz CT molecular complexity index is 1410. The molecule has 0 saturated carbocycles. The molecule has 9 nitrogen and oxygen atoms in total. The predicted molar refractivity (Wildman–Crippen MR) is 149 cm³/mol. The van der Waals surface area contributed by atoms with Gasteiger partial charge in [0, 0.05) is 39.9 Å². The van der Waals surface area contributed by atoms with E-state index in [0.29, 0.717) is 63.6 Å². The first-order valence-corrected chi connectivity index (χ1v) is 13.0. The number of methoxy groups -OCH3 is 2. The lowest BCUT2D eigenvalue weighted by Crippen LogP contribution is -2.30. The Morgan fingerprint density at radius 2 is 1.82 bits per heavy atom. The highest BCUT2D eigenvalue weighted by Crippen LogP contribution is 2.42. The van der Waals surface area contributed by atoms with Crippen molar-refractivity contribution in [1.82, 2.24) is 0 Å². The van der Waals surface area contributed by atoms with Crippen molar-refractivity contribution in [1.29, 1.82) is 0 Å². The van der Waals surface area contributed by atoms with E-state index in [-0.39, 0.29) is 13.2 Å². The molecule has 0 spiro atoms. The van der Waals surface area contributed by atoms with Gasteiger partial charge in [-0.25, -0.2) is 4.79 Å². The number of aliphatic hydroxyl groups is 1. The molecule has 0 aliphatic carbocycles. The molecule has 1 amide bonds. The summed E-state index contributed by atoms with van der Waals surface area (Å²) in [4.78, 5) is 27.0. The number of aliphatic hydroxyl groups excluding tert-OH is 1. The van der Waals surface area contributed by atoms with Crippen LogP contribution in [0.1, 0.15) is 29.7 Å². The Labute approximate surface area is 237 Å². The first kappa shape index (κ1) is 28.8. The summed E-state index contributed by atoms with van der Waals surface area (Å²) < 4.78 is 27.3. The number of amides is 1. The third-order valence-corrected chi connectivity index (χ3v) is 6.44. The summed E-state index contributed by atoms with van der Waals surface area (Å²) in [6, 6.07) is 15.3. The lowest BCUT2D eigenvalue weighted by Gasteiger charge is -2.28. The van der Waals surface area contributed by atoms with E-state index in [9.17, 15) is 14.7 Å². The van der Waals surface area contributed by atoms with Gasteiger partial charge in [0.2, 0.25) is 0 Å². The van der Waals surface area contributed by atoms with Crippen molar-refractivity contribution in [3.63, 3.8) is 0 Å². The number of fused-ring (bicyclic) bond motifs is 1. The summed E-state index contributed by atoms with van der Waals surface area (Å²) in [7, 11) is 3.06. The van der Waals surface area contributed by atoms with Crippen molar-refractivity contribution < 1.29 is 38.4 Å². The second-order valence-corrected chi connectivity index (χ2v) is 9.10. The zero-order chi connectivity index (χ0) is 28.6. The number of carbonyl (C=O) groups excluding carboxylic acids is 2. The van der Waals surface area contributed by atoms with Gasteiger partial charge in [-0.1, -0.05) is 23.7 Å². The quantitative estimate of drug-likeness (QED) is 0.274. The molecule has 0 bridgehead atoms. The number of hydrogen-bond acceptors (Lipinski definition) is 8. The minimum absolute atomic E-state index is 0.0347. The molecular weight excluding hydrogens is 538 g/mol. The molecule has 1 heterocycles. The average molecular weight is 568 g/mol. The van der Waals surface area contributed by atoms with Crippen molar-refractivity contribution in [2.75, 3.05) is 38.9 Å². The topological polar surface area (TPSA) is 104 Å². The van der Waals surface area contributed by atoms with Gasteiger partial charge in [0.15, 0.2) is 11.5 Å². The number of benzene rings is 3. The first-order chi connectivity index (χ1) is 19.4. The summed E-state index contributed by atoms with van der Waals surface area (Å²) in [6.45, 7) is 2.61. The van der Waals surface area contributed by atoms with E-state index in [2.05, 4.69) is 0 Å². The third-order valence-electron chi connectivity index (χ3n) is 6.20. The van der Waals surface area contributed by atoms with Gasteiger partial charge in [-0.15, -0.1) is 0 Å². The maximum absolute atomic E-state index is 13.6. The molecule has 0 fully saturated rings. The largest absolute Gasteiger partial charge is 0.497 e. The number of anilines is 1. The molecule has 1 atom stereocenters. The lowest BCUT2D eigenvalue weighted by atomic mass is 9.97. The highest BCUT2D eigenvalue weighted by molar-refractivity contribution is 6.30. The molecule has 1 aliphatic rings. The fourth-order valence-electron chi connectivity index (χ4n) is 4.32. The van der Waals surface area contributed by atoms with Crippen LogP contribution < -0.4 is 23.8 Å². The SMILES string of the molecule is CCOC(=O)/C=C/C(=O)N(Cc1ccc(OC)cc1OC)c1ccc(Cl)cc1C(O)c1cccc2c1OCCO2. The molecule has 210 valence electrons. The van der Waals surface area contributed by atoms with Gasteiger partial charge in [-0.3, -0.25) is 4.79 Å². The van der Waals surface area contributed by atoms with Crippen LogP contribution in [0.2, 0.25) is 5.02 Å². The minimum Gasteiger partial charge on any atom is -0.497 e. The van der Waals surface area contributed by atoms with Gasteiger partial charge in [-0.2, -0.15) is 0 Å². The van der Waals surface area contributed by atoms with E-state index in [0.717, 1.165) is 12.2 Å². The smallest absolute Gasteiger partial charge is 0.330 e. The van der Waals surface area contributed by atoms with Crippen LogP contribution in [0, 0.1) is 0 Å². The van der Waals surface area contributed by atoms with Gasteiger partial charge in [0.05, 0.1) is 33.1 Å². The van der Waals surface area contributed by atoms with E-state index in [1.165, 1.54) is 12.0 Å². The predicted octanol–water partition coefficient (Wildman–Crippen LogP) is 4.86. The Kier molecular flexibility index (Phi) is 9.52. The second kappa shape index (κ2) is 13.2. The van der Waals surface area contributed by atoms with Crippen LogP contribution in [0.25, 0.3) is 0 Å². The molecule has 1 N–H and O–H groups in total. The Morgan fingerprint density at radius 3 is 2.58 bits per heavy atom. The van der Waals surface area contributed by atoms with Crippen molar-refractivity contribution >= 4 is 29.2 Å². The Balaban J connectivity index is 1.81. The monoisotopic (exact) mass is 567 g/mol. The average Bonchev–Trinajstić information content (AvgIpc) is 2.98. The van der Waals surface area contributed by atoms with Gasteiger partial charge < -0.3 is 33.7 Å². The molecule has 4 rings (SSSR count). The number of ether oxygens (including phenoxy) is 5. The van der Waals surface area contributed by atoms with Crippen LogP contribution in [0.15, 0.2) is 66.7 Å². The Hall–Kier alpha value is -4.21. The third kappa shape index (κ3) is 6.50. The van der Waals surface area contributed by atoms with E-state index < -0.39 is 18.0 Å². The van der Waals surface area contributed by atoms with Gasteiger partial charge in [0.25, 0.3) is 5.91 Å². The van der Waals surface area contributed by atoms with Crippen LogP contribution in [0.5, 0.6) is 23.0 Å². The zero-order valence-corrected chi connectivity index (χ0v) is 23.1. The van der Waals surface area contributed by atoms with Crippen molar-refractivity contribution in [2.45, 2.75) is 19.6 Å². The highest BCUT2D eigenvalue weighted by Gasteiger charge is 2.27. The van der Waals surface area contributed by atoms with Crippen molar-refractivity contribution in [2.24, 2.45) is 0 Å². The fraction of sp³-hybridized carbons (Fsp3) is 0.267. The molecule has 40 heavy (non-hydrogen) atoms. The number of para-hydroxylation sites is 1. The molecule has 3 aromatic carbocycles. The molecule has 1 aliphatic heterocycles. The van der Waals surface area contributed by atoms with Gasteiger partial charge in [-0.05, 0) is 43.3 Å². The normalized spacial score (nSPS) is 13.0. The molecule has 10 heteroatoms. The summed E-state index contributed by atoms with van der Waals surface area (Å²) in [5, 5.41) is 12.0. The number of esters is 1. The summed E-state index contributed by atoms with van der Waals surface area (Å²) in [6.07, 6.45) is 0.960. The fourth-order valence-corrected chi connectivity index (χ4v) is 4.50. The van der Waals surface area contributed by atoms with Crippen molar-refractivity contribution in [3.05, 3.63) is 88.5 Å².